The first-order valence-corrected chi connectivity index (χ1v) is 10.7. The third-order valence-electron chi connectivity index (χ3n) is 5.28. The van der Waals surface area contributed by atoms with Gasteiger partial charge in [0.15, 0.2) is 5.78 Å². The average molecular weight is 412 g/mol. The van der Waals surface area contributed by atoms with E-state index in [1.807, 2.05) is 36.4 Å². The van der Waals surface area contributed by atoms with Crippen LogP contribution in [0.3, 0.4) is 0 Å². The highest BCUT2D eigenvalue weighted by Crippen LogP contribution is 2.26. The molecule has 0 heterocycles. The fourth-order valence-corrected chi connectivity index (χ4v) is 3.41. The van der Waals surface area contributed by atoms with Gasteiger partial charge in [0.2, 0.25) is 0 Å². The summed E-state index contributed by atoms with van der Waals surface area (Å²) in [6, 6.07) is 21.7. The van der Waals surface area contributed by atoms with Crippen LogP contribution in [0, 0.1) is 12.3 Å². The first-order chi connectivity index (χ1) is 15.0. The van der Waals surface area contributed by atoms with E-state index in [2.05, 4.69) is 56.3 Å². The van der Waals surface area contributed by atoms with Gasteiger partial charge in [-0.1, -0.05) is 75.2 Å². The number of benzene rings is 3. The number of rotatable bonds is 9. The van der Waals surface area contributed by atoms with Crippen molar-refractivity contribution < 1.29 is 9.53 Å². The first kappa shape index (κ1) is 22.2. The van der Waals surface area contributed by atoms with Crippen molar-refractivity contribution in [3.05, 3.63) is 94.5 Å². The van der Waals surface area contributed by atoms with Gasteiger partial charge in [-0.2, -0.15) is 0 Å². The number of aryl methyl sites for hydroxylation is 1. The number of ketones is 1. The quantitative estimate of drug-likeness (QED) is 0.335. The first-order valence-electron chi connectivity index (χ1n) is 10.7. The maximum absolute atomic E-state index is 13.4. The minimum Gasteiger partial charge on any atom is -0.481 e. The van der Waals surface area contributed by atoms with E-state index < -0.39 is 0 Å². The number of anilines is 1. The summed E-state index contributed by atoms with van der Waals surface area (Å²) < 4.78 is 5.56. The Kier molecular flexibility index (Phi) is 7.51. The zero-order valence-electron chi connectivity index (χ0n) is 18.4. The van der Waals surface area contributed by atoms with E-state index in [0.29, 0.717) is 29.3 Å². The summed E-state index contributed by atoms with van der Waals surface area (Å²) in [6.07, 6.45) is 6.31. The molecule has 0 fully saturated rings. The van der Waals surface area contributed by atoms with Crippen molar-refractivity contribution in [2.45, 2.75) is 39.7 Å². The minimum absolute atomic E-state index is 0.0497. The van der Waals surface area contributed by atoms with Crippen molar-refractivity contribution in [3.8, 4) is 18.1 Å². The number of hydrogen-bond donors (Lipinski definition) is 1. The molecule has 0 saturated heterocycles. The molecular formula is C28H29NO2. The van der Waals surface area contributed by atoms with Gasteiger partial charge in [0, 0.05) is 23.4 Å². The van der Waals surface area contributed by atoms with Crippen LogP contribution in [0.2, 0.25) is 0 Å². The summed E-state index contributed by atoms with van der Waals surface area (Å²) in [7, 11) is 0. The van der Waals surface area contributed by atoms with Gasteiger partial charge in [-0.3, -0.25) is 4.79 Å². The highest BCUT2D eigenvalue weighted by atomic mass is 16.5. The van der Waals surface area contributed by atoms with Crippen molar-refractivity contribution in [3.63, 3.8) is 0 Å². The lowest BCUT2D eigenvalue weighted by molar-refractivity contribution is 0.103. The second kappa shape index (κ2) is 10.5. The van der Waals surface area contributed by atoms with Crippen LogP contribution in [0.5, 0.6) is 5.75 Å². The largest absolute Gasteiger partial charge is 0.481 e. The molecular weight excluding hydrogens is 382 g/mol. The van der Waals surface area contributed by atoms with E-state index in [9.17, 15) is 4.79 Å². The third-order valence-corrected chi connectivity index (χ3v) is 5.28. The topological polar surface area (TPSA) is 38.3 Å². The van der Waals surface area contributed by atoms with Crippen molar-refractivity contribution >= 4 is 11.5 Å². The lowest BCUT2D eigenvalue weighted by Crippen LogP contribution is -2.09. The number of hydrogen-bond acceptors (Lipinski definition) is 3. The molecule has 31 heavy (non-hydrogen) atoms. The number of nitrogens with one attached hydrogen (secondary N) is 1. The standard InChI is InChI=1S/C28H29NO2/c1-5-16-31-25-14-15-27(29-19-22-9-7-8-21(6-2)17-22)26(18-25)28(30)24-12-10-23(11-13-24)20(3)4/h1,7-15,17-18,20,29H,6,16,19H2,2-4H3. The van der Waals surface area contributed by atoms with E-state index in [1.54, 1.807) is 6.07 Å². The minimum atomic E-state index is -0.0497. The van der Waals surface area contributed by atoms with Gasteiger partial charge in [-0.05, 0) is 47.2 Å². The zero-order valence-corrected chi connectivity index (χ0v) is 18.4. The molecule has 0 saturated carbocycles. The normalized spacial score (nSPS) is 10.5. The van der Waals surface area contributed by atoms with Gasteiger partial charge in [0.1, 0.15) is 12.4 Å². The maximum atomic E-state index is 13.4. The SMILES string of the molecule is C#CCOc1ccc(NCc2cccc(CC)c2)c(C(=O)c2ccc(C(C)C)cc2)c1. The third kappa shape index (κ3) is 5.77. The van der Waals surface area contributed by atoms with Gasteiger partial charge in [0.05, 0.1) is 0 Å². The van der Waals surface area contributed by atoms with Crippen LogP contribution < -0.4 is 10.1 Å². The summed E-state index contributed by atoms with van der Waals surface area (Å²) in [6.45, 7) is 7.21. The fourth-order valence-electron chi connectivity index (χ4n) is 3.41. The Balaban J connectivity index is 1.89. The lowest BCUT2D eigenvalue weighted by Gasteiger charge is -2.14. The zero-order chi connectivity index (χ0) is 22.2. The molecule has 0 radical (unpaired) electrons. The molecule has 3 aromatic rings. The van der Waals surface area contributed by atoms with E-state index in [1.165, 1.54) is 16.7 Å². The molecule has 3 aromatic carbocycles. The summed E-state index contributed by atoms with van der Waals surface area (Å²) >= 11 is 0. The van der Waals surface area contributed by atoms with E-state index in [4.69, 9.17) is 11.2 Å². The number of carbonyl (C=O) groups excluding carboxylic acids is 1. The molecule has 3 nitrogen and oxygen atoms in total. The molecule has 0 atom stereocenters. The summed E-state index contributed by atoms with van der Waals surface area (Å²) in [5.74, 6) is 3.41. The molecule has 3 heteroatoms. The smallest absolute Gasteiger partial charge is 0.195 e. The van der Waals surface area contributed by atoms with Gasteiger partial charge < -0.3 is 10.1 Å². The fraction of sp³-hybridized carbons (Fsp3) is 0.250. The molecule has 0 aliphatic heterocycles. The molecule has 1 N–H and O–H groups in total. The highest BCUT2D eigenvalue weighted by molar-refractivity contribution is 6.12. The van der Waals surface area contributed by atoms with Crippen LogP contribution >= 0.6 is 0 Å². The van der Waals surface area contributed by atoms with Crippen LogP contribution in [-0.2, 0) is 13.0 Å². The predicted molar refractivity (Wildman–Crippen MR) is 128 cm³/mol. The van der Waals surface area contributed by atoms with Crippen LogP contribution in [0.4, 0.5) is 5.69 Å². The molecule has 3 rings (SSSR count). The number of ether oxygens (including phenoxy) is 1. The second-order valence-electron chi connectivity index (χ2n) is 7.83. The Bertz CT molecular complexity index is 1070. The van der Waals surface area contributed by atoms with E-state index in [-0.39, 0.29) is 12.4 Å². The molecule has 0 spiro atoms. The Labute approximate surface area is 185 Å². The average Bonchev–Trinajstić information content (AvgIpc) is 2.81. The summed E-state index contributed by atoms with van der Waals surface area (Å²) in [5, 5.41) is 3.43. The van der Waals surface area contributed by atoms with E-state index >= 15 is 0 Å². The molecule has 158 valence electrons. The number of carbonyl (C=O) groups is 1. The Hall–Kier alpha value is -3.51. The van der Waals surface area contributed by atoms with Crippen LogP contribution in [0.15, 0.2) is 66.7 Å². The van der Waals surface area contributed by atoms with Crippen LogP contribution in [0.25, 0.3) is 0 Å². The molecule has 0 bridgehead atoms. The molecule has 0 aliphatic carbocycles. The van der Waals surface area contributed by atoms with Crippen molar-refractivity contribution in [1.82, 2.24) is 0 Å². The highest BCUT2D eigenvalue weighted by Gasteiger charge is 2.16. The van der Waals surface area contributed by atoms with E-state index in [0.717, 1.165) is 12.1 Å². The van der Waals surface area contributed by atoms with Gasteiger partial charge in [0.25, 0.3) is 0 Å². The number of terminal acetylenes is 1. The van der Waals surface area contributed by atoms with Crippen LogP contribution in [0.1, 0.15) is 59.3 Å². The summed E-state index contributed by atoms with van der Waals surface area (Å²) in [4.78, 5) is 13.4. The maximum Gasteiger partial charge on any atom is 0.195 e. The van der Waals surface area contributed by atoms with Crippen LogP contribution in [-0.4, -0.2) is 12.4 Å². The van der Waals surface area contributed by atoms with Crippen molar-refractivity contribution in [2.75, 3.05) is 11.9 Å². The Morgan fingerprint density at radius 1 is 1.03 bits per heavy atom. The van der Waals surface area contributed by atoms with Crippen molar-refractivity contribution in [1.29, 1.82) is 0 Å². The Morgan fingerprint density at radius 3 is 2.45 bits per heavy atom. The predicted octanol–water partition coefficient (Wildman–Crippen LogP) is 6.23. The molecule has 0 amide bonds. The summed E-state index contributed by atoms with van der Waals surface area (Å²) in [5.41, 5.74) is 5.66. The lowest BCUT2D eigenvalue weighted by atomic mass is 9.97. The monoisotopic (exact) mass is 411 g/mol. The second-order valence-corrected chi connectivity index (χ2v) is 7.83. The Morgan fingerprint density at radius 2 is 1.77 bits per heavy atom. The molecule has 0 aliphatic rings. The van der Waals surface area contributed by atoms with Gasteiger partial charge >= 0.3 is 0 Å². The molecule has 0 aromatic heterocycles. The molecule has 0 unspecified atom stereocenters. The van der Waals surface area contributed by atoms with Crippen molar-refractivity contribution in [2.24, 2.45) is 0 Å². The van der Waals surface area contributed by atoms with Gasteiger partial charge in [-0.25, -0.2) is 0 Å². The van der Waals surface area contributed by atoms with Gasteiger partial charge in [-0.15, -0.1) is 6.42 Å².